The Morgan fingerprint density at radius 2 is 2.06 bits per heavy atom. The quantitative estimate of drug-likeness (QED) is 0.727. The monoisotopic (exact) mass is 258 g/mol. The molecule has 1 saturated carbocycles. The van der Waals surface area contributed by atoms with Gasteiger partial charge in [-0.25, -0.2) is 0 Å². The van der Waals surface area contributed by atoms with E-state index in [-0.39, 0.29) is 0 Å². The van der Waals surface area contributed by atoms with E-state index in [0.29, 0.717) is 10.8 Å². The van der Waals surface area contributed by atoms with Crippen LogP contribution in [0.3, 0.4) is 0 Å². The summed E-state index contributed by atoms with van der Waals surface area (Å²) in [4.78, 5) is 2.35. The molecule has 16 heavy (non-hydrogen) atoms. The van der Waals surface area contributed by atoms with E-state index in [1.165, 1.54) is 31.4 Å². The van der Waals surface area contributed by atoms with Gasteiger partial charge in [-0.3, -0.25) is 0 Å². The van der Waals surface area contributed by atoms with Gasteiger partial charge in [-0.15, -0.1) is 0 Å². The molecule has 2 fully saturated rings. The van der Waals surface area contributed by atoms with Gasteiger partial charge in [0.1, 0.15) is 0 Å². The highest BCUT2D eigenvalue weighted by molar-refractivity contribution is 8.00. The van der Waals surface area contributed by atoms with E-state index in [9.17, 15) is 0 Å². The van der Waals surface area contributed by atoms with Gasteiger partial charge >= 0.3 is 0 Å². The molecule has 92 valence electrons. The second-order valence-electron chi connectivity index (χ2n) is 5.46. The molecular formula is C12H22N2S2. The molecule has 2 aliphatic rings. The molecule has 1 N–H and O–H groups in total. The van der Waals surface area contributed by atoms with Crippen molar-refractivity contribution in [1.82, 2.24) is 10.2 Å². The summed E-state index contributed by atoms with van der Waals surface area (Å²) in [6.07, 6.45) is 5.32. The number of rotatable bonds is 1. The van der Waals surface area contributed by atoms with E-state index >= 15 is 0 Å². The van der Waals surface area contributed by atoms with Gasteiger partial charge in [0.05, 0.1) is 0 Å². The zero-order chi connectivity index (χ0) is 11.6. The van der Waals surface area contributed by atoms with Crippen molar-refractivity contribution in [3.8, 4) is 0 Å². The van der Waals surface area contributed by atoms with Crippen molar-refractivity contribution in [3.63, 3.8) is 0 Å². The first-order chi connectivity index (χ1) is 7.57. The van der Waals surface area contributed by atoms with Crippen LogP contribution in [-0.4, -0.2) is 39.6 Å². The number of hydrogen-bond donors (Lipinski definition) is 1. The Morgan fingerprint density at radius 3 is 2.69 bits per heavy atom. The van der Waals surface area contributed by atoms with Crippen molar-refractivity contribution in [3.05, 3.63) is 0 Å². The molecule has 0 atom stereocenters. The second-order valence-corrected chi connectivity index (χ2v) is 7.65. The standard InChI is InChI=1S/C12H22N2S2/c1-12(2)9-14(7-8-16-12)11(15)13-10-5-3-4-6-10/h10H,3-9H2,1-2H3,(H,13,15). The first kappa shape index (κ1) is 12.5. The maximum Gasteiger partial charge on any atom is 0.169 e. The van der Waals surface area contributed by atoms with Gasteiger partial charge in [0.15, 0.2) is 5.11 Å². The Hall–Kier alpha value is 0.0400. The predicted molar refractivity (Wildman–Crippen MR) is 76.1 cm³/mol. The Kier molecular flexibility index (Phi) is 4.01. The van der Waals surface area contributed by atoms with E-state index in [0.717, 1.165) is 18.2 Å². The fraction of sp³-hybridized carbons (Fsp3) is 0.917. The van der Waals surface area contributed by atoms with Crippen LogP contribution >= 0.6 is 24.0 Å². The van der Waals surface area contributed by atoms with Crippen molar-refractivity contribution in [2.24, 2.45) is 0 Å². The Morgan fingerprint density at radius 1 is 1.38 bits per heavy atom. The van der Waals surface area contributed by atoms with E-state index in [1.807, 2.05) is 0 Å². The highest BCUT2D eigenvalue weighted by Gasteiger charge is 2.29. The third-order valence-corrected chi connectivity index (χ3v) is 5.07. The molecule has 1 saturated heterocycles. The van der Waals surface area contributed by atoms with Crippen LogP contribution in [0.25, 0.3) is 0 Å². The molecule has 0 amide bonds. The maximum atomic E-state index is 5.52. The lowest BCUT2D eigenvalue weighted by Gasteiger charge is -2.39. The van der Waals surface area contributed by atoms with Crippen LogP contribution in [0.2, 0.25) is 0 Å². The maximum absolute atomic E-state index is 5.52. The van der Waals surface area contributed by atoms with Crippen molar-refractivity contribution >= 4 is 29.1 Å². The van der Waals surface area contributed by atoms with E-state index in [4.69, 9.17) is 12.2 Å². The molecule has 0 aromatic heterocycles. The predicted octanol–water partition coefficient (Wildman–Crippen LogP) is 2.63. The van der Waals surface area contributed by atoms with Crippen LogP contribution in [0, 0.1) is 0 Å². The fourth-order valence-electron chi connectivity index (χ4n) is 2.53. The molecule has 0 aromatic carbocycles. The van der Waals surface area contributed by atoms with E-state index in [2.05, 4.69) is 35.8 Å². The van der Waals surface area contributed by atoms with Crippen molar-refractivity contribution in [2.45, 2.75) is 50.3 Å². The average molecular weight is 258 g/mol. The molecule has 0 spiro atoms. The number of hydrogen-bond acceptors (Lipinski definition) is 2. The lowest BCUT2D eigenvalue weighted by Crippen LogP contribution is -2.51. The summed E-state index contributed by atoms with van der Waals surface area (Å²) in [5, 5.41) is 4.52. The summed E-state index contributed by atoms with van der Waals surface area (Å²) in [5.41, 5.74) is 0. The number of nitrogens with one attached hydrogen (secondary N) is 1. The van der Waals surface area contributed by atoms with Gasteiger partial charge in [0, 0.05) is 29.6 Å². The number of nitrogens with zero attached hydrogens (tertiary/aromatic N) is 1. The topological polar surface area (TPSA) is 15.3 Å². The molecule has 0 bridgehead atoms. The van der Waals surface area contributed by atoms with Gasteiger partial charge in [0.2, 0.25) is 0 Å². The third-order valence-electron chi connectivity index (χ3n) is 3.40. The minimum Gasteiger partial charge on any atom is -0.360 e. The second kappa shape index (κ2) is 5.13. The molecule has 2 nitrogen and oxygen atoms in total. The third kappa shape index (κ3) is 3.27. The van der Waals surface area contributed by atoms with Gasteiger partial charge in [0.25, 0.3) is 0 Å². The molecule has 2 rings (SSSR count). The minimum atomic E-state index is 0.347. The van der Waals surface area contributed by atoms with Crippen LogP contribution in [0.5, 0.6) is 0 Å². The highest BCUT2D eigenvalue weighted by atomic mass is 32.2. The van der Waals surface area contributed by atoms with Gasteiger partial charge in [-0.2, -0.15) is 11.8 Å². The number of thioether (sulfide) groups is 1. The minimum absolute atomic E-state index is 0.347. The normalized spacial score (nSPS) is 25.8. The zero-order valence-electron chi connectivity index (χ0n) is 10.3. The molecule has 0 unspecified atom stereocenters. The van der Waals surface area contributed by atoms with Crippen molar-refractivity contribution in [2.75, 3.05) is 18.8 Å². The van der Waals surface area contributed by atoms with E-state index < -0.39 is 0 Å². The lowest BCUT2D eigenvalue weighted by atomic mass is 10.2. The molecule has 0 radical (unpaired) electrons. The molecular weight excluding hydrogens is 236 g/mol. The summed E-state index contributed by atoms with van der Waals surface area (Å²) in [6.45, 7) is 6.80. The van der Waals surface area contributed by atoms with Crippen molar-refractivity contribution in [1.29, 1.82) is 0 Å². The SMILES string of the molecule is CC1(C)CN(C(=S)NC2CCCC2)CCS1. The van der Waals surface area contributed by atoms with E-state index in [1.54, 1.807) is 0 Å². The summed E-state index contributed by atoms with van der Waals surface area (Å²) >= 11 is 7.57. The first-order valence-electron chi connectivity index (χ1n) is 6.26. The summed E-state index contributed by atoms with van der Waals surface area (Å²) in [5.74, 6) is 1.19. The number of thiocarbonyl (C=S) groups is 1. The summed E-state index contributed by atoms with van der Waals surface area (Å²) in [6, 6.07) is 0.644. The Bertz CT molecular complexity index is 260. The molecule has 0 aromatic rings. The van der Waals surface area contributed by atoms with Crippen LogP contribution < -0.4 is 5.32 Å². The molecule has 1 aliphatic heterocycles. The van der Waals surface area contributed by atoms with Crippen LogP contribution in [-0.2, 0) is 0 Å². The highest BCUT2D eigenvalue weighted by Crippen LogP contribution is 2.29. The Labute approximate surface area is 109 Å². The lowest BCUT2D eigenvalue weighted by molar-refractivity contribution is 0.377. The van der Waals surface area contributed by atoms with Crippen LogP contribution in [0.15, 0.2) is 0 Å². The smallest absolute Gasteiger partial charge is 0.169 e. The fourth-order valence-corrected chi connectivity index (χ4v) is 3.96. The van der Waals surface area contributed by atoms with Crippen molar-refractivity contribution < 1.29 is 0 Å². The van der Waals surface area contributed by atoms with Gasteiger partial charge in [-0.05, 0) is 38.9 Å². The van der Waals surface area contributed by atoms with Gasteiger partial charge < -0.3 is 10.2 Å². The molecule has 4 heteroatoms. The summed E-state index contributed by atoms with van der Waals surface area (Å²) in [7, 11) is 0. The Balaban J connectivity index is 1.84. The zero-order valence-corrected chi connectivity index (χ0v) is 11.9. The molecule has 1 heterocycles. The average Bonchev–Trinajstić information content (AvgIpc) is 2.69. The largest absolute Gasteiger partial charge is 0.360 e. The summed E-state index contributed by atoms with van der Waals surface area (Å²) < 4.78 is 0.347. The molecule has 1 aliphatic carbocycles. The van der Waals surface area contributed by atoms with Crippen LogP contribution in [0.4, 0.5) is 0 Å². The van der Waals surface area contributed by atoms with Crippen LogP contribution in [0.1, 0.15) is 39.5 Å². The van der Waals surface area contributed by atoms with Gasteiger partial charge in [-0.1, -0.05) is 12.8 Å². The first-order valence-corrected chi connectivity index (χ1v) is 7.66.